The summed E-state index contributed by atoms with van der Waals surface area (Å²) in [6.45, 7) is 8.07. The van der Waals surface area contributed by atoms with Gasteiger partial charge in [-0.3, -0.25) is 4.79 Å². The summed E-state index contributed by atoms with van der Waals surface area (Å²) in [6, 6.07) is 0.283. The van der Waals surface area contributed by atoms with Crippen LogP contribution < -0.4 is 20.7 Å². The van der Waals surface area contributed by atoms with Gasteiger partial charge >= 0.3 is 6.01 Å². The van der Waals surface area contributed by atoms with E-state index in [2.05, 4.69) is 20.3 Å². The number of nitrogens with zero attached hydrogens (tertiary/aromatic N) is 4. The third kappa shape index (κ3) is 3.32. The summed E-state index contributed by atoms with van der Waals surface area (Å²) >= 11 is 0. The molecule has 2 heterocycles. The van der Waals surface area contributed by atoms with E-state index < -0.39 is 5.41 Å². The summed E-state index contributed by atoms with van der Waals surface area (Å²) < 4.78 is 5.37. The molecule has 8 heteroatoms. The third-order valence-corrected chi connectivity index (χ3v) is 3.56. The first-order valence-electron chi connectivity index (χ1n) is 7.16. The normalized spacial score (nSPS) is 21.4. The molecule has 1 aromatic rings. The van der Waals surface area contributed by atoms with E-state index in [1.807, 2.05) is 25.7 Å². The van der Waals surface area contributed by atoms with E-state index in [0.717, 1.165) is 0 Å². The van der Waals surface area contributed by atoms with Crippen LogP contribution >= 0.6 is 0 Å². The van der Waals surface area contributed by atoms with E-state index in [0.29, 0.717) is 44.6 Å². The van der Waals surface area contributed by atoms with E-state index in [-0.39, 0.29) is 11.9 Å². The van der Waals surface area contributed by atoms with Gasteiger partial charge in [-0.25, -0.2) is 0 Å². The second-order valence-corrected chi connectivity index (χ2v) is 5.30. The molecule has 1 aromatic heterocycles. The second kappa shape index (κ2) is 6.11. The molecule has 8 nitrogen and oxygen atoms in total. The Morgan fingerprint density at radius 1 is 1.43 bits per heavy atom. The summed E-state index contributed by atoms with van der Waals surface area (Å²) in [5.41, 5.74) is 4.93. The Balaban J connectivity index is 2.24. The maximum absolute atomic E-state index is 11.5. The van der Waals surface area contributed by atoms with Gasteiger partial charge in [-0.1, -0.05) is 0 Å². The number of amides is 1. The predicted molar refractivity (Wildman–Crippen MR) is 79.3 cm³/mol. The molecule has 116 valence electrons. The quantitative estimate of drug-likeness (QED) is 0.782. The number of carbonyl (C=O) groups is 1. The number of ether oxygens (including phenoxy) is 1. The Kier molecular flexibility index (Phi) is 4.44. The monoisotopic (exact) mass is 294 g/mol. The number of carbonyl (C=O) groups excluding carboxylic acids is 1. The molecule has 2 rings (SSSR count). The van der Waals surface area contributed by atoms with Crippen LogP contribution in [0.15, 0.2) is 0 Å². The largest absolute Gasteiger partial charge is 0.464 e. The highest BCUT2D eigenvalue weighted by molar-refractivity contribution is 5.81. The minimum absolute atomic E-state index is 0.283. The molecular weight excluding hydrogens is 272 g/mol. The Hall–Kier alpha value is -2.12. The zero-order valence-corrected chi connectivity index (χ0v) is 12.7. The van der Waals surface area contributed by atoms with Gasteiger partial charge in [-0.05, 0) is 27.2 Å². The van der Waals surface area contributed by atoms with Crippen LogP contribution in [0.4, 0.5) is 11.9 Å². The first-order valence-corrected chi connectivity index (χ1v) is 7.16. The molecule has 1 aliphatic rings. The average molecular weight is 294 g/mol. The smallest absolute Gasteiger partial charge is 0.323 e. The molecule has 1 atom stereocenters. The Bertz CT molecular complexity index is 499. The highest BCUT2D eigenvalue weighted by Gasteiger charge is 2.40. The molecule has 0 spiro atoms. The van der Waals surface area contributed by atoms with Crippen LogP contribution in [0.1, 0.15) is 27.2 Å². The number of nitrogens with two attached hydrogens (primary N) is 1. The fourth-order valence-corrected chi connectivity index (χ4v) is 2.25. The van der Waals surface area contributed by atoms with Crippen LogP contribution in [0.2, 0.25) is 0 Å². The lowest BCUT2D eigenvalue weighted by molar-refractivity contribution is -0.125. The molecule has 1 unspecified atom stereocenters. The number of nitrogens with one attached hydrogen (secondary N) is 1. The van der Waals surface area contributed by atoms with Crippen LogP contribution in [0.5, 0.6) is 6.01 Å². The zero-order valence-electron chi connectivity index (χ0n) is 12.7. The summed E-state index contributed by atoms with van der Waals surface area (Å²) in [5.74, 6) is 0.684. The summed E-state index contributed by atoms with van der Waals surface area (Å²) in [6.07, 6.45) is 0.689. The second-order valence-electron chi connectivity index (χ2n) is 5.30. The molecule has 0 aromatic carbocycles. The van der Waals surface area contributed by atoms with Crippen molar-refractivity contribution in [2.24, 2.45) is 11.1 Å². The molecule has 1 saturated heterocycles. The lowest BCUT2D eigenvalue weighted by Crippen LogP contribution is -2.37. The molecule has 0 bridgehead atoms. The number of primary amides is 1. The van der Waals surface area contributed by atoms with Crippen LogP contribution in [-0.4, -0.2) is 47.1 Å². The van der Waals surface area contributed by atoms with E-state index in [9.17, 15) is 4.79 Å². The first kappa shape index (κ1) is 15.3. The molecule has 3 N–H and O–H groups in total. The summed E-state index contributed by atoms with van der Waals surface area (Å²) in [4.78, 5) is 26.3. The standard InChI is InChI=1S/C13H22N6O2/c1-4-15-10-16-11(18-12(17-10)21-5-2)19-7-6-13(3,8-19)9(14)20/h4-8H2,1-3H3,(H2,14,20)(H,15,16,17,18). The zero-order chi connectivity index (χ0) is 15.5. The van der Waals surface area contributed by atoms with Gasteiger partial charge in [0.1, 0.15) is 0 Å². The number of aromatic nitrogens is 3. The van der Waals surface area contributed by atoms with Crippen LogP contribution in [-0.2, 0) is 4.79 Å². The molecule has 1 aliphatic heterocycles. The van der Waals surface area contributed by atoms with Gasteiger partial charge in [0.05, 0.1) is 12.0 Å². The van der Waals surface area contributed by atoms with Crippen LogP contribution in [0.3, 0.4) is 0 Å². The van der Waals surface area contributed by atoms with E-state index in [1.165, 1.54) is 0 Å². The Labute approximate surface area is 124 Å². The Morgan fingerprint density at radius 3 is 2.76 bits per heavy atom. The van der Waals surface area contributed by atoms with Crippen molar-refractivity contribution in [3.05, 3.63) is 0 Å². The van der Waals surface area contributed by atoms with Crippen molar-refractivity contribution in [1.82, 2.24) is 15.0 Å². The van der Waals surface area contributed by atoms with Crippen molar-refractivity contribution in [3.63, 3.8) is 0 Å². The average Bonchev–Trinajstić information content (AvgIpc) is 2.83. The number of hydrogen-bond acceptors (Lipinski definition) is 7. The van der Waals surface area contributed by atoms with Gasteiger partial charge in [0.25, 0.3) is 0 Å². The van der Waals surface area contributed by atoms with Gasteiger partial charge in [-0.15, -0.1) is 0 Å². The first-order chi connectivity index (χ1) is 9.98. The highest BCUT2D eigenvalue weighted by atomic mass is 16.5. The van der Waals surface area contributed by atoms with Crippen molar-refractivity contribution in [1.29, 1.82) is 0 Å². The van der Waals surface area contributed by atoms with Crippen molar-refractivity contribution in [3.8, 4) is 6.01 Å². The minimum atomic E-state index is -0.545. The van der Waals surface area contributed by atoms with Crippen LogP contribution in [0.25, 0.3) is 0 Å². The molecular formula is C13H22N6O2. The topological polar surface area (TPSA) is 106 Å². The number of rotatable bonds is 6. The molecule has 0 radical (unpaired) electrons. The third-order valence-electron chi connectivity index (χ3n) is 3.56. The molecule has 0 saturated carbocycles. The molecule has 1 amide bonds. The maximum atomic E-state index is 11.5. The van der Waals surface area contributed by atoms with Gasteiger partial charge in [0, 0.05) is 19.6 Å². The van der Waals surface area contributed by atoms with Crippen molar-refractivity contribution >= 4 is 17.8 Å². The molecule has 1 fully saturated rings. The van der Waals surface area contributed by atoms with Crippen molar-refractivity contribution < 1.29 is 9.53 Å². The number of anilines is 2. The van der Waals surface area contributed by atoms with Gasteiger partial charge in [0.2, 0.25) is 17.8 Å². The number of hydrogen-bond donors (Lipinski definition) is 2. The minimum Gasteiger partial charge on any atom is -0.464 e. The maximum Gasteiger partial charge on any atom is 0.323 e. The van der Waals surface area contributed by atoms with Gasteiger partial charge < -0.3 is 20.7 Å². The molecule has 0 aliphatic carbocycles. The van der Waals surface area contributed by atoms with E-state index >= 15 is 0 Å². The van der Waals surface area contributed by atoms with Crippen LogP contribution in [0, 0.1) is 5.41 Å². The van der Waals surface area contributed by atoms with Crippen molar-refractivity contribution in [2.45, 2.75) is 27.2 Å². The van der Waals surface area contributed by atoms with Gasteiger partial charge in [0.15, 0.2) is 0 Å². The summed E-state index contributed by atoms with van der Waals surface area (Å²) in [7, 11) is 0. The summed E-state index contributed by atoms with van der Waals surface area (Å²) in [5, 5.41) is 3.05. The predicted octanol–water partition coefficient (Wildman–Crippen LogP) is 0.404. The van der Waals surface area contributed by atoms with Gasteiger partial charge in [-0.2, -0.15) is 15.0 Å². The Morgan fingerprint density at radius 2 is 2.19 bits per heavy atom. The fraction of sp³-hybridized carbons (Fsp3) is 0.692. The van der Waals surface area contributed by atoms with Crippen molar-refractivity contribution in [2.75, 3.05) is 36.5 Å². The van der Waals surface area contributed by atoms with E-state index in [4.69, 9.17) is 10.5 Å². The molecule has 21 heavy (non-hydrogen) atoms. The van der Waals surface area contributed by atoms with E-state index in [1.54, 1.807) is 0 Å². The SMILES string of the molecule is CCNc1nc(OCC)nc(N2CCC(C)(C(N)=O)C2)n1. The fourth-order valence-electron chi connectivity index (χ4n) is 2.25. The lowest BCUT2D eigenvalue weighted by Gasteiger charge is -2.21. The lowest BCUT2D eigenvalue weighted by atomic mass is 9.89. The highest BCUT2D eigenvalue weighted by Crippen LogP contribution is 2.32.